The first-order valence-electron chi connectivity index (χ1n) is 13.6. The molecule has 0 spiro atoms. The smallest absolute Gasteiger partial charge is 0.259 e. The van der Waals surface area contributed by atoms with Gasteiger partial charge in [0.1, 0.15) is 5.82 Å². The lowest BCUT2D eigenvalue weighted by atomic mass is 10.1. The van der Waals surface area contributed by atoms with E-state index in [2.05, 4.69) is 5.32 Å². The van der Waals surface area contributed by atoms with Crippen LogP contribution in [0.2, 0.25) is 0 Å². The molecule has 0 atom stereocenters. The fourth-order valence-electron chi connectivity index (χ4n) is 4.71. The first-order valence-corrected chi connectivity index (χ1v) is 14.4. The minimum Gasteiger partial charge on any atom is -0.490 e. The van der Waals surface area contributed by atoms with Crippen molar-refractivity contribution in [2.45, 2.75) is 36.6 Å². The number of nitrogens with zero attached hydrogens (tertiary/aromatic N) is 1. The Kier molecular flexibility index (Phi) is 8.89. The fraction of sp³-hybridized carbons (Fsp3) is 0.212. The lowest BCUT2D eigenvalue weighted by Crippen LogP contribution is -2.31. The van der Waals surface area contributed by atoms with Gasteiger partial charge in [-0.25, -0.2) is 4.39 Å². The number of anilines is 1. The van der Waals surface area contributed by atoms with Crippen molar-refractivity contribution >= 4 is 29.3 Å². The van der Waals surface area contributed by atoms with E-state index in [1.54, 1.807) is 35.2 Å². The molecule has 210 valence electrons. The van der Waals surface area contributed by atoms with Gasteiger partial charge in [0.15, 0.2) is 11.5 Å². The molecule has 0 aromatic heterocycles. The van der Waals surface area contributed by atoms with E-state index in [9.17, 15) is 14.0 Å². The van der Waals surface area contributed by atoms with E-state index in [-0.39, 0.29) is 24.2 Å². The fourth-order valence-corrected chi connectivity index (χ4v) is 5.77. The Labute approximate surface area is 243 Å². The normalized spacial score (nSPS) is 12.3. The second-order valence-corrected chi connectivity index (χ2v) is 10.5. The van der Waals surface area contributed by atoms with Crippen molar-refractivity contribution in [3.63, 3.8) is 0 Å². The Morgan fingerprint density at radius 1 is 0.854 bits per heavy atom. The summed E-state index contributed by atoms with van der Waals surface area (Å²) < 4.78 is 25.3. The van der Waals surface area contributed by atoms with Crippen molar-refractivity contribution in [2.75, 3.05) is 24.7 Å². The van der Waals surface area contributed by atoms with Crippen molar-refractivity contribution in [1.82, 2.24) is 5.32 Å². The maximum atomic E-state index is 14.0. The molecule has 0 saturated carbocycles. The highest BCUT2D eigenvalue weighted by molar-refractivity contribution is 7.99. The molecule has 1 heterocycles. The van der Waals surface area contributed by atoms with Crippen LogP contribution >= 0.6 is 11.8 Å². The van der Waals surface area contributed by atoms with Crippen LogP contribution in [0.1, 0.15) is 45.7 Å². The van der Waals surface area contributed by atoms with Crippen molar-refractivity contribution < 1.29 is 23.5 Å². The molecule has 0 aliphatic carbocycles. The van der Waals surface area contributed by atoms with Crippen molar-refractivity contribution in [3.05, 3.63) is 113 Å². The molecule has 5 rings (SSSR count). The van der Waals surface area contributed by atoms with Crippen LogP contribution in [-0.4, -0.2) is 31.6 Å². The summed E-state index contributed by atoms with van der Waals surface area (Å²) in [6.45, 7) is 5.51. The van der Waals surface area contributed by atoms with Crippen LogP contribution in [0.4, 0.5) is 10.1 Å². The van der Waals surface area contributed by atoms with Crippen LogP contribution in [0.15, 0.2) is 94.7 Å². The molecule has 6 nitrogen and oxygen atoms in total. The predicted octanol–water partition coefficient (Wildman–Crippen LogP) is 6.91. The maximum Gasteiger partial charge on any atom is 0.259 e. The van der Waals surface area contributed by atoms with Crippen molar-refractivity contribution in [2.24, 2.45) is 0 Å². The number of carbonyl (C=O) groups excluding carboxylic acids is 2. The summed E-state index contributed by atoms with van der Waals surface area (Å²) in [5.74, 6) is 0.576. The number of hydrogen-bond donors (Lipinski definition) is 1. The van der Waals surface area contributed by atoms with Gasteiger partial charge >= 0.3 is 0 Å². The number of ether oxygens (including phenoxy) is 2. The van der Waals surface area contributed by atoms with Gasteiger partial charge in [-0.1, -0.05) is 42.1 Å². The highest BCUT2D eigenvalue weighted by Crippen LogP contribution is 2.42. The van der Waals surface area contributed by atoms with E-state index in [0.29, 0.717) is 60.1 Å². The van der Waals surface area contributed by atoms with Crippen LogP contribution in [0.5, 0.6) is 11.5 Å². The third kappa shape index (κ3) is 6.55. The zero-order valence-corrected chi connectivity index (χ0v) is 23.8. The van der Waals surface area contributed by atoms with Crippen LogP contribution in [-0.2, 0) is 13.0 Å². The SMILES string of the molecule is CCOc1ccc(CCNC(=O)c2ccc3c(c2)N(Cc2cccc(F)c2)C(=O)c2ccccc2S3)cc1OCC. The van der Waals surface area contributed by atoms with E-state index < -0.39 is 0 Å². The number of rotatable bonds is 10. The van der Waals surface area contributed by atoms with Crippen LogP contribution < -0.4 is 19.7 Å². The highest BCUT2D eigenvalue weighted by Gasteiger charge is 2.28. The van der Waals surface area contributed by atoms with E-state index in [1.165, 1.54) is 23.9 Å². The van der Waals surface area contributed by atoms with Crippen LogP contribution in [0, 0.1) is 5.82 Å². The molecule has 2 amide bonds. The largest absolute Gasteiger partial charge is 0.490 e. The minimum atomic E-state index is -0.367. The summed E-state index contributed by atoms with van der Waals surface area (Å²) in [7, 11) is 0. The van der Waals surface area contributed by atoms with E-state index in [4.69, 9.17) is 9.47 Å². The Balaban J connectivity index is 1.36. The molecular weight excluding hydrogens is 539 g/mol. The van der Waals surface area contributed by atoms with E-state index in [1.807, 2.05) is 56.3 Å². The van der Waals surface area contributed by atoms with E-state index in [0.717, 1.165) is 15.4 Å². The molecule has 0 radical (unpaired) electrons. The van der Waals surface area contributed by atoms with Crippen LogP contribution in [0.3, 0.4) is 0 Å². The number of nitrogens with one attached hydrogen (secondary N) is 1. The molecule has 0 bridgehead atoms. The number of halogens is 1. The average Bonchev–Trinajstić information content (AvgIpc) is 3.08. The third-order valence-electron chi connectivity index (χ3n) is 6.63. The lowest BCUT2D eigenvalue weighted by molar-refractivity contribution is 0.0950. The number of fused-ring (bicyclic) bond motifs is 2. The topological polar surface area (TPSA) is 67.9 Å². The number of carbonyl (C=O) groups is 2. The molecule has 1 aliphatic rings. The summed E-state index contributed by atoms with van der Waals surface area (Å²) in [5.41, 5.74) is 3.29. The van der Waals surface area contributed by atoms with E-state index >= 15 is 0 Å². The van der Waals surface area contributed by atoms with Gasteiger partial charge in [-0.3, -0.25) is 9.59 Å². The quantitative estimate of drug-likeness (QED) is 0.225. The van der Waals surface area contributed by atoms with Gasteiger partial charge in [0, 0.05) is 21.9 Å². The van der Waals surface area contributed by atoms with Crippen molar-refractivity contribution in [3.8, 4) is 11.5 Å². The second-order valence-electron chi connectivity index (χ2n) is 9.45. The summed E-state index contributed by atoms with van der Waals surface area (Å²) in [6, 6.07) is 24.8. The molecule has 1 aliphatic heterocycles. The highest BCUT2D eigenvalue weighted by atomic mass is 32.2. The monoisotopic (exact) mass is 570 g/mol. The molecular formula is C33H31FN2O4S. The van der Waals surface area contributed by atoms with Gasteiger partial charge in [0.2, 0.25) is 0 Å². The number of benzene rings is 4. The number of amides is 2. The summed E-state index contributed by atoms with van der Waals surface area (Å²) in [6.07, 6.45) is 0.610. The first kappa shape index (κ1) is 28.2. The molecule has 1 N–H and O–H groups in total. The standard InChI is InChI=1S/C33H31FN2O4S/c1-3-39-28-14-12-22(19-29(28)40-4-2)16-17-35-32(37)24-13-15-31-27(20-24)36(21-23-8-7-9-25(34)18-23)33(38)26-10-5-6-11-30(26)41-31/h5-15,18-20H,3-4,16-17,21H2,1-2H3,(H,35,37). The summed E-state index contributed by atoms with van der Waals surface area (Å²) >= 11 is 1.48. The van der Waals surface area contributed by atoms with Gasteiger partial charge < -0.3 is 19.7 Å². The van der Waals surface area contributed by atoms with Crippen molar-refractivity contribution in [1.29, 1.82) is 0 Å². The molecule has 4 aromatic rings. The van der Waals surface area contributed by atoms with Gasteiger partial charge in [-0.05, 0) is 86.0 Å². The maximum absolute atomic E-state index is 14.0. The zero-order valence-electron chi connectivity index (χ0n) is 23.0. The molecule has 0 unspecified atom stereocenters. The Morgan fingerprint density at radius 3 is 2.46 bits per heavy atom. The third-order valence-corrected chi connectivity index (χ3v) is 7.77. The minimum absolute atomic E-state index is 0.170. The average molecular weight is 571 g/mol. The lowest BCUT2D eigenvalue weighted by Gasteiger charge is -2.24. The Hall–Kier alpha value is -4.30. The predicted molar refractivity (Wildman–Crippen MR) is 159 cm³/mol. The summed E-state index contributed by atoms with van der Waals surface area (Å²) in [5, 5.41) is 2.99. The van der Waals surface area contributed by atoms with Gasteiger partial charge in [-0.2, -0.15) is 0 Å². The van der Waals surface area contributed by atoms with Gasteiger partial charge in [0.05, 0.1) is 31.0 Å². The van der Waals surface area contributed by atoms with Gasteiger partial charge in [-0.15, -0.1) is 0 Å². The number of hydrogen-bond acceptors (Lipinski definition) is 5. The molecule has 0 fully saturated rings. The Bertz CT molecular complexity index is 1570. The second kappa shape index (κ2) is 12.9. The zero-order chi connectivity index (χ0) is 28.8. The Morgan fingerprint density at radius 2 is 1.66 bits per heavy atom. The molecule has 8 heteroatoms. The van der Waals surface area contributed by atoms with Gasteiger partial charge in [0.25, 0.3) is 11.8 Å². The summed E-state index contributed by atoms with van der Waals surface area (Å²) in [4.78, 5) is 30.2. The van der Waals surface area contributed by atoms with Crippen LogP contribution in [0.25, 0.3) is 0 Å². The molecule has 41 heavy (non-hydrogen) atoms. The molecule has 0 saturated heterocycles. The first-order chi connectivity index (χ1) is 20.0. The molecule has 4 aromatic carbocycles.